The van der Waals surface area contributed by atoms with Crippen molar-refractivity contribution in [2.24, 2.45) is 11.8 Å². The molecular formula is C30H33FN2O5. The Morgan fingerprint density at radius 3 is 2.66 bits per heavy atom. The molecule has 0 saturated heterocycles. The van der Waals surface area contributed by atoms with Crippen LogP contribution < -0.4 is 9.47 Å². The topological polar surface area (TPSA) is 102 Å². The maximum atomic E-state index is 14.9. The van der Waals surface area contributed by atoms with Gasteiger partial charge >= 0.3 is 0 Å². The Kier molecular flexibility index (Phi) is 6.96. The lowest BCUT2D eigenvalue weighted by Gasteiger charge is -2.20. The Bertz CT molecular complexity index is 1390. The Morgan fingerprint density at radius 2 is 1.95 bits per heavy atom. The van der Waals surface area contributed by atoms with Crippen LogP contribution in [0.15, 0.2) is 36.5 Å². The molecule has 0 amide bonds. The normalized spacial score (nSPS) is 20.9. The maximum Gasteiger partial charge on any atom is 0.213 e. The zero-order valence-corrected chi connectivity index (χ0v) is 22.1. The van der Waals surface area contributed by atoms with Crippen LogP contribution in [0.5, 0.6) is 11.8 Å². The number of carbonyl (C=O) groups is 1. The summed E-state index contributed by atoms with van der Waals surface area (Å²) in [5.74, 6) is 1.59. The Balaban J connectivity index is 1.28. The number of fused-ring (bicyclic) bond motifs is 3. The number of Topliss-reactive ketones (excluding diaryl/α,β-unsaturated/α-hetero) is 1. The Labute approximate surface area is 221 Å². The number of nitrogens with zero attached hydrogens (tertiary/aromatic N) is 2. The molecule has 3 aromatic rings. The fraction of sp³-hybridized carbons (Fsp3) is 0.433. The second-order valence-corrected chi connectivity index (χ2v) is 10.8. The van der Waals surface area contributed by atoms with Crippen molar-refractivity contribution in [3.05, 3.63) is 70.3 Å². The summed E-state index contributed by atoms with van der Waals surface area (Å²) in [5, 5.41) is 19.1. The van der Waals surface area contributed by atoms with E-state index in [2.05, 4.69) is 9.97 Å². The molecule has 1 fully saturated rings. The first-order chi connectivity index (χ1) is 18.1. The first kappa shape index (κ1) is 26.3. The molecule has 2 N–H and O–H groups in total. The Morgan fingerprint density at radius 1 is 1.16 bits per heavy atom. The number of hydrogen-bond acceptors (Lipinski definition) is 7. The summed E-state index contributed by atoms with van der Waals surface area (Å²) in [7, 11) is 0. The molecule has 4 atom stereocenters. The molecule has 0 radical (unpaired) electrons. The second kappa shape index (κ2) is 10.1. The van der Waals surface area contributed by atoms with Crippen molar-refractivity contribution in [1.82, 2.24) is 9.97 Å². The third kappa shape index (κ3) is 5.15. The van der Waals surface area contributed by atoms with E-state index in [1.54, 1.807) is 32.2 Å². The number of ether oxygens (including phenoxy) is 2. The van der Waals surface area contributed by atoms with Crippen LogP contribution >= 0.6 is 0 Å². The number of aromatic nitrogens is 2. The third-order valence-corrected chi connectivity index (χ3v) is 7.80. The standard InChI is InChI=1S/C30H33FN2O5/c1-16-9-25(31)20(14-38-27-12-19-10-23-28(18(3)35)29(23)24(19)13-32-27)11-22(16)21-5-6-26(33-17(21)2)37-8-7-30(4,36)15-34/h5-6,9,11-13,23,28-29,34,36H,7-8,10,14-15H2,1-4H3/t23-,28-,29+,30?/m0/s1. The van der Waals surface area contributed by atoms with Crippen LogP contribution in [0.3, 0.4) is 0 Å². The molecule has 0 bridgehead atoms. The fourth-order valence-electron chi connectivity index (χ4n) is 5.53. The number of aliphatic hydroxyl groups excluding tert-OH is 1. The highest BCUT2D eigenvalue weighted by Crippen LogP contribution is 2.61. The van der Waals surface area contributed by atoms with Crippen LogP contribution in [0.1, 0.15) is 54.1 Å². The number of aliphatic hydroxyl groups is 2. The predicted octanol–water partition coefficient (Wildman–Crippen LogP) is 4.47. The minimum absolute atomic E-state index is 0.0340. The largest absolute Gasteiger partial charge is 0.478 e. The quantitative estimate of drug-likeness (QED) is 0.407. The minimum Gasteiger partial charge on any atom is -0.478 e. The summed E-state index contributed by atoms with van der Waals surface area (Å²) in [6, 6.07) is 8.82. The molecule has 2 aromatic heterocycles. The summed E-state index contributed by atoms with van der Waals surface area (Å²) in [5.41, 5.74) is 4.72. The summed E-state index contributed by atoms with van der Waals surface area (Å²) in [6.45, 7) is 6.82. The molecule has 5 rings (SSSR count). The van der Waals surface area contributed by atoms with Crippen molar-refractivity contribution in [2.45, 2.75) is 58.7 Å². The van der Waals surface area contributed by atoms with Crippen molar-refractivity contribution in [2.75, 3.05) is 13.2 Å². The molecule has 1 saturated carbocycles. The number of rotatable bonds is 10. The minimum atomic E-state index is -1.20. The van der Waals surface area contributed by atoms with E-state index in [0.717, 1.165) is 39.9 Å². The van der Waals surface area contributed by atoms with E-state index < -0.39 is 5.60 Å². The molecule has 2 heterocycles. The predicted molar refractivity (Wildman–Crippen MR) is 140 cm³/mol. The van der Waals surface area contributed by atoms with Gasteiger partial charge in [0.15, 0.2) is 0 Å². The third-order valence-electron chi connectivity index (χ3n) is 7.80. The van der Waals surface area contributed by atoms with Crippen LogP contribution in [-0.4, -0.2) is 44.8 Å². The van der Waals surface area contributed by atoms with E-state index >= 15 is 0 Å². The van der Waals surface area contributed by atoms with Gasteiger partial charge in [-0.25, -0.2) is 14.4 Å². The van der Waals surface area contributed by atoms with E-state index in [1.807, 2.05) is 26.0 Å². The lowest BCUT2D eigenvalue weighted by molar-refractivity contribution is -0.118. The lowest BCUT2D eigenvalue weighted by atomic mass is 9.97. The number of hydrogen-bond donors (Lipinski definition) is 2. The van der Waals surface area contributed by atoms with Crippen LogP contribution in [0.25, 0.3) is 11.1 Å². The van der Waals surface area contributed by atoms with Crippen LogP contribution in [-0.2, 0) is 17.8 Å². The van der Waals surface area contributed by atoms with Crippen LogP contribution in [0.2, 0.25) is 0 Å². The number of carbonyl (C=O) groups excluding carboxylic acids is 1. The lowest BCUT2D eigenvalue weighted by Crippen LogP contribution is -2.31. The molecule has 1 unspecified atom stereocenters. The molecule has 0 spiro atoms. The van der Waals surface area contributed by atoms with Gasteiger partial charge in [0.05, 0.1) is 18.8 Å². The van der Waals surface area contributed by atoms with Gasteiger partial charge in [-0.15, -0.1) is 0 Å². The van der Waals surface area contributed by atoms with Gasteiger partial charge in [0.1, 0.15) is 18.2 Å². The molecule has 38 heavy (non-hydrogen) atoms. The van der Waals surface area contributed by atoms with Gasteiger partial charge in [-0.3, -0.25) is 4.79 Å². The monoisotopic (exact) mass is 520 g/mol. The van der Waals surface area contributed by atoms with E-state index in [4.69, 9.17) is 9.47 Å². The van der Waals surface area contributed by atoms with E-state index in [1.165, 1.54) is 6.07 Å². The van der Waals surface area contributed by atoms with Crippen molar-refractivity contribution in [1.29, 1.82) is 0 Å². The second-order valence-electron chi connectivity index (χ2n) is 10.8. The van der Waals surface area contributed by atoms with E-state index in [0.29, 0.717) is 29.2 Å². The molecule has 200 valence electrons. The number of aryl methyl sites for hydroxylation is 2. The van der Waals surface area contributed by atoms with Gasteiger partial charge in [0, 0.05) is 47.5 Å². The highest BCUT2D eigenvalue weighted by molar-refractivity contribution is 5.84. The summed E-state index contributed by atoms with van der Waals surface area (Å²) < 4.78 is 26.4. The zero-order chi connectivity index (χ0) is 27.2. The maximum absolute atomic E-state index is 14.9. The van der Waals surface area contributed by atoms with Crippen LogP contribution in [0, 0.1) is 31.5 Å². The zero-order valence-electron chi connectivity index (χ0n) is 22.1. The summed E-state index contributed by atoms with van der Waals surface area (Å²) in [4.78, 5) is 20.7. The molecule has 2 aliphatic rings. The smallest absolute Gasteiger partial charge is 0.213 e. The summed E-state index contributed by atoms with van der Waals surface area (Å²) in [6.07, 6.45) is 2.93. The van der Waals surface area contributed by atoms with Gasteiger partial charge in [0.25, 0.3) is 0 Å². The highest BCUT2D eigenvalue weighted by atomic mass is 19.1. The molecular weight excluding hydrogens is 487 g/mol. The van der Waals surface area contributed by atoms with Crippen molar-refractivity contribution in [3.8, 4) is 22.9 Å². The van der Waals surface area contributed by atoms with Crippen molar-refractivity contribution in [3.63, 3.8) is 0 Å². The SMILES string of the molecule is CC(=O)[C@H]1[C@@H]2Cc3cc(OCc4cc(-c5ccc(OCCC(C)(O)CO)nc5C)c(C)cc4F)ncc3[C@@H]21. The molecule has 2 aliphatic carbocycles. The van der Waals surface area contributed by atoms with Gasteiger partial charge in [-0.1, -0.05) is 0 Å². The fourth-order valence-corrected chi connectivity index (χ4v) is 5.53. The Hall–Kier alpha value is -3.36. The van der Waals surface area contributed by atoms with Gasteiger partial charge in [0.2, 0.25) is 11.8 Å². The number of pyridine rings is 2. The van der Waals surface area contributed by atoms with Crippen molar-refractivity contribution < 1.29 is 28.9 Å². The number of benzene rings is 1. The van der Waals surface area contributed by atoms with E-state index in [-0.39, 0.29) is 43.8 Å². The van der Waals surface area contributed by atoms with E-state index in [9.17, 15) is 19.4 Å². The number of ketones is 1. The summed E-state index contributed by atoms with van der Waals surface area (Å²) >= 11 is 0. The molecule has 8 heteroatoms. The van der Waals surface area contributed by atoms with Gasteiger partial charge in [-0.05, 0) is 86.4 Å². The first-order valence-electron chi connectivity index (χ1n) is 12.9. The first-order valence-corrected chi connectivity index (χ1v) is 12.9. The van der Waals surface area contributed by atoms with Gasteiger partial charge in [-0.2, -0.15) is 0 Å². The number of halogens is 1. The molecule has 1 aromatic carbocycles. The van der Waals surface area contributed by atoms with Crippen LogP contribution in [0.4, 0.5) is 4.39 Å². The highest BCUT2D eigenvalue weighted by Gasteiger charge is 2.58. The average molecular weight is 521 g/mol. The molecule has 0 aliphatic heterocycles. The van der Waals surface area contributed by atoms with Gasteiger partial charge < -0.3 is 19.7 Å². The average Bonchev–Trinajstić information content (AvgIpc) is 3.46. The van der Waals surface area contributed by atoms with Crippen molar-refractivity contribution >= 4 is 5.78 Å². The molecule has 7 nitrogen and oxygen atoms in total.